The van der Waals surface area contributed by atoms with Gasteiger partial charge >= 0.3 is 0 Å². The maximum atomic E-state index is 6.15. The molecule has 5 heteroatoms. The molecule has 0 saturated heterocycles. The molecule has 1 aliphatic heterocycles. The number of methoxy groups -OCH3 is 1. The van der Waals surface area contributed by atoms with Gasteiger partial charge in [-0.3, -0.25) is 0 Å². The number of hydrogen-bond donors (Lipinski definition) is 1. The lowest BCUT2D eigenvalue weighted by molar-refractivity contribution is 0.274. The van der Waals surface area contributed by atoms with E-state index in [1.165, 1.54) is 0 Å². The second-order valence-corrected chi connectivity index (χ2v) is 6.13. The number of para-hydroxylation sites is 1. The number of ether oxygens (including phenoxy) is 2. The van der Waals surface area contributed by atoms with Crippen LogP contribution in [0.3, 0.4) is 0 Å². The van der Waals surface area contributed by atoms with E-state index < -0.39 is 0 Å². The maximum absolute atomic E-state index is 6.15. The Morgan fingerprint density at radius 2 is 2.14 bits per heavy atom. The molecule has 2 aromatic carbocycles. The fourth-order valence-electron chi connectivity index (χ4n) is 2.55. The molecule has 0 radical (unpaired) electrons. The van der Waals surface area contributed by atoms with Crippen LogP contribution in [0.25, 0.3) is 0 Å². The van der Waals surface area contributed by atoms with Gasteiger partial charge in [-0.25, -0.2) is 0 Å². The van der Waals surface area contributed by atoms with E-state index in [2.05, 4.69) is 27.3 Å². The Labute approximate surface area is 137 Å². The predicted molar refractivity (Wildman–Crippen MR) is 88.6 cm³/mol. The first-order valence-electron chi connectivity index (χ1n) is 6.70. The first kappa shape index (κ1) is 14.5. The van der Waals surface area contributed by atoms with E-state index in [0.717, 1.165) is 33.6 Å². The summed E-state index contributed by atoms with van der Waals surface area (Å²) in [7, 11) is 1.65. The van der Waals surface area contributed by atoms with E-state index in [4.69, 9.17) is 21.1 Å². The molecule has 1 N–H and O–H groups in total. The second kappa shape index (κ2) is 6.16. The van der Waals surface area contributed by atoms with Crippen LogP contribution >= 0.6 is 27.5 Å². The zero-order valence-electron chi connectivity index (χ0n) is 11.5. The summed E-state index contributed by atoms with van der Waals surface area (Å²) in [6, 6.07) is 12.0. The fraction of sp³-hybridized carbons (Fsp3) is 0.250. The van der Waals surface area contributed by atoms with Crippen molar-refractivity contribution in [3.63, 3.8) is 0 Å². The summed E-state index contributed by atoms with van der Waals surface area (Å²) in [5, 5.41) is 4.18. The summed E-state index contributed by atoms with van der Waals surface area (Å²) in [4.78, 5) is 0. The normalized spacial score (nSPS) is 16.8. The van der Waals surface area contributed by atoms with Crippen LogP contribution in [0.15, 0.2) is 40.9 Å². The molecule has 3 rings (SSSR count). The first-order valence-corrected chi connectivity index (χ1v) is 7.87. The lowest BCUT2D eigenvalue weighted by Gasteiger charge is -2.28. The van der Waals surface area contributed by atoms with Gasteiger partial charge in [0.2, 0.25) is 0 Å². The molecule has 1 heterocycles. The molecule has 3 nitrogen and oxygen atoms in total. The monoisotopic (exact) mass is 367 g/mol. The molecule has 0 aliphatic carbocycles. The average Bonchev–Trinajstić information content (AvgIpc) is 2.47. The number of anilines is 1. The maximum Gasteiger partial charge on any atom is 0.156 e. The van der Waals surface area contributed by atoms with Crippen LogP contribution in [-0.2, 0) is 0 Å². The van der Waals surface area contributed by atoms with Gasteiger partial charge < -0.3 is 14.8 Å². The van der Waals surface area contributed by atoms with Crippen molar-refractivity contribution in [2.24, 2.45) is 0 Å². The van der Waals surface area contributed by atoms with E-state index in [1.807, 2.05) is 30.3 Å². The fourth-order valence-corrected chi connectivity index (χ4v) is 3.53. The van der Waals surface area contributed by atoms with Gasteiger partial charge in [0.1, 0.15) is 5.75 Å². The number of halogens is 2. The Kier molecular flexibility index (Phi) is 4.27. The van der Waals surface area contributed by atoms with Gasteiger partial charge in [0, 0.05) is 17.0 Å². The molecule has 21 heavy (non-hydrogen) atoms. The minimum Gasteiger partial charge on any atom is -0.493 e. The summed E-state index contributed by atoms with van der Waals surface area (Å²) < 4.78 is 12.0. The largest absolute Gasteiger partial charge is 0.493 e. The second-order valence-electron chi connectivity index (χ2n) is 4.84. The minimum absolute atomic E-state index is 0.175. The highest BCUT2D eigenvalue weighted by Crippen LogP contribution is 2.40. The first-order chi connectivity index (χ1) is 10.2. The number of rotatable bonds is 3. The van der Waals surface area contributed by atoms with Crippen LogP contribution in [0.4, 0.5) is 5.69 Å². The third kappa shape index (κ3) is 2.97. The van der Waals surface area contributed by atoms with Gasteiger partial charge in [0.05, 0.1) is 29.9 Å². The molecule has 0 saturated carbocycles. The topological polar surface area (TPSA) is 30.5 Å². The van der Waals surface area contributed by atoms with E-state index in [9.17, 15) is 0 Å². The van der Waals surface area contributed by atoms with Crippen molar-refractivity contribution >= 4 is 33.2 Å². The molecule has 0 fully saturated rings. The zero-order valence-corrected chi connectivity index (χ0v) is 13.9. The van der Waals surface area contributed by atoms with Crippen molar-refractivity contribution in [2.75, 3.05) is 19.0 Å². The van der Waals surface area contributed by atoms with Crippen molar-refractivity contribution in [2.45, 2.75) is 12.5 Å². The molecular formula is C16H15BrClNO2. The Bertz CT molecular complexity index is 663. The van der Waals surface area contributed by atoms with E-state index in [-0.39, 0.29) is 6.04 Å². The molecule has 1 atom stereocenters. The van der Waals surface area contributed by atoms with Crippen LogP contribution in [0, 0.1) is 0 Å². The smallest absolute Gasteiger partial charge is 0.156 e. The quantitative estimate of drug-likeness (QED) is 0.822. The lowest BCUT2D eigenvalue weighted by Crippen LogP contribution is -2.20. The molecular weight excluding hydrogens is 354 g/mol. The number of hydrogen-bond acceptors (Lipinski definition) is 3. The van der Waals surface area contributed by atoms with Gasteiger partial charge in [0.15, 0.2) is 5.75 Å². The highest BCUT2D eigenvalue weighted by molar-refractivity contribution is 9.10. The number of benzene rings is 2. The summed E-state index contributed by atoms with van der Waals surface area (Å²) in [5.74, 6) is 1.68. The van der Waals surface area contributed by atoms with Gasteiger partial charge in [-0.15, -0.1) is 0 Å². The summed E-state index contributed by atoms with van der Waals surface area (Å²) in [6.07, 6.45) is 0.893. The highest BCUT2D eigenvalue weighted by Gasteiger charge is 2.22. The number of nitrogens with one attached hydrogen (secondary N) is 1. The van der Waals surface area contributed by atoms with Crippen LogP contribution in [0.1, 0.15) is 18.0 Å². The Hall–Kier alpha value is -1.39. The molecule has 110 valence electrons. The van der Waals surface area contributed by atoms with E-state index >= 15 is 0 Å². The minimum atomic E-state index is 0.175. The van der Waals surface area contributed by atoms with Crippen LogP contribution < -0.4 is 14.8 Å². The summed E-state index contributed by atoms with van der Waals surface area (Å²) in [5.41, 5.74) is 2.03. The van der Waals surface area contributed by atoms with Gasteiger partial charge in [-0.1, -0.05) is 29.8 Å². The van der Waals surface area contributed by atoms with Gasteiger partial charge in [-0.05, 0) is 34.1 Å². The Balaban J connectivity index is 1.95. The molecule has 1 aliphatic rings. The Morgan fingerprint density at radius 1 is 1.33 bits per heavy atom. The predicted octanol–water partition coefficient (Wildman–Crippen LogP) is 5.05. The van der Waals surface area contributed by atoms with Crippen LogP contribution in [0.2, 0.25) is 5.02 Å². The third-order valence-corrected chi connectivity index (χ3v) is 4.31. The standard InChI is InChI=1S/C16H15BrClNO2/c1-20-16-12(17)8-10(18)9-14(16)19-13-6-7-21-15-5-3-2-4-11(13)15/h2-5,8-9,13,19H,6-7H2,1H3. The van der Waals surface area contributed by atoms with E-state index in [0.29, 0.717) is 11.6 Å². The number of fused-ring (bicyclic) bond motifs is 1. The van der Waals surface area contributed by atoms with Crippen molar-refractivity contribution in [3.8, 4) is 11.5 Å². The molecule has 1 unspecified atom stereocenters. The zero-order chi connectivity index (χ0) is 14.8. The SMILES string of the molecule is COc1c(Br)cc(Cl)cc1NC1CCOc2ccccc21. The molecule has 0 amide bonds. The van der Waals surface area contributed by atoms with Gasteiger partial charge in [0.25, 0.3) is 0 Å². The summed E-state index contributed by atoms with van der Waals surface area (Å²) >= 11 is 9.63. The Morgan fingerprint density at radius 3 is 2.95 bits per heavy atom. The van der Waals surface area contributed by atoms with Crippen molar-refractivity contribution < 1.29 is 9.47 Å². The lowest BCUT2D eigenvalue weighted by atomic mass is 10.0. The van der Waals surface area contributed by atoms with Crippen LogP contribution in [-0.4, -0.2) is 13.7 Å². The third-order valence-electron chi connectivity index (χ3n) is 3.50. The van der Waals surface area contributed by atoms with Gasteiger partial charge in [-0.2, -0.15) is 0 Å². The van der Waals surface area contributed by atoms with Crippen LogP contribution in [0.5, 0.6) is 11.5 Å². The molecule has 0 aromatic heterocycles. The molecule has 0 spiro atoms. The van der Waals surface area contributed by atoms with Crippen molar-refractivity contribution in [3.05, 3.63) is 51.5 Å². The highest BCUT2D eigenvalue weighted by atomic mass is 79.9. The molecule has 2 aromatic rings. The van der Waals surface area contributed by atoms with Crippen molar-refractivity contribution in [1.29, 1.82) is 0 Å². The van der Waals surface area contributed by atoms with E-state index in [1.54, 1.807) is 7.11 Å². The molecule has 0 bridgehead atoms. The average molecular weight is 369 g/mol. The van der Waals surface area contributed by atoms with Crippen molar-refractivity contribution in [1.82, 2.24) is 0 Å². The summed E-state index contributed by atoms with van der Waals surface area (Å²) in [6.45, 7) is 0.693.